The molecule has 25 heavy (non-hydrogen) atoms. The first-order chi connectivity index (χ1) is 11.7. The van der Waals surface area contributed by atoms with Crippen LogP contribution in [0.2, 0.25) is 0 Å². The number of amides is 1. The van der Waals surface area contributed by atoms with Crippen LogP contribution in [0.15, 0.2) is 24.3 Å². The van der Waals surface area contributed by atoms with Crippen molar-refractivity contribution < 1.29 is 14.6 Å². The lowest BCUT2D eigenvalue weighted by atomic mass is 9.91. The number of carbonyl (C=O) groups excluding carboxylic acids is 1. The summed E-state index contributed by atoms with van der Waals surface area (Å²) in [6, 6.07) is 7.34. The number of para-hydroxylation sites is 1. The zero-order valence-corrected chi connectivity index (χ0v) is 15.0. The molecular formula is C18H24N4O3. The van der Waals surface area contributed by atoms with E-state index in [4.69, 9.17) is 4.74 Å². The van der Waals surface area contributed by atoms with Gasteiger partial charge in [-0.1, -0.05) is 12.1 Å². The first-order valence-electron chi connectivity index (χ1n) is 8.29. The Morgan fingerprint density at radius 3 is 2.92 bits per heavy atom. The van der Waals surface area contributed by atoms with Crippen LogP contribution < -0.4 is 15.4 Å². The highest BCUT2D eigenvalue weighted by molar-refractivity contribution is 5.93. The van der Waals surface area contributed by atoms with Gasteiger partial charge in [-0.15, -0.1) is 0 Å². The predicted molar refractivity (Wildman–Crippen MR) is 95.8 cm³/mol. The van der Waals surface area contributed by atoms with Gasteiger partial charge in [-0.2, -0.15) is 5.10 Å². The second-order valence-electron chi connectivity index (χ2n) is 7.00. The van der Waals surface area contributed by atoms with Gasteiger partial charge in [0.15, 0.2) is 0 Å². The highest BCUT2D eigenvalue weighted by Crippen LogP contribution is 2.43. The topological polar surface area (TPSA) is 88.4 Å². The van der Waals surface area contributed by atoms with Crippen LogP contribution in [-0.4, -0.2) is 32.9 Å². The summed E-state index contributed by atoms with van der Waals surface area (Å²) in [7, 11) is 1.78. The Balaban J connectivity index is 1.71. The van der Waals surface area contributed by atoms with Gasteiger partial charge < -0.3 is 20.5 Å². The van der Waals surface area contributed by atoms with Crippen LogP contribution in [0.3, 0.4) is 0 Å². The number of aliphatic hydroxyl groups excluding tert-OH is 1. The van der Waals surface area contributed by atoms with Gasteiger partial charge in [-0.05, 0) is 26.8 Å². The molecule has 134 valence electrons. The number of fused-ring (bicyclic) bond motifs is 1. The molecule has 1 amide bonds. The molecule has 7 heteroatoms. The van der Waals surface area contributed by atoms with Crippen molar-refractivity contribution in [3.05, 3.63) is 35.5 Å². The average Bonchev–Trinajstić information content (AvgIpc) is 2.82. The molecule has 3 rings (SSSR count). The van der Waals surface area contributed by atoms with Gasteiger partial charge in [-0.3, -0.25) is 9.48 Å². The number of ether oxygens (including phenoxy) is 1. The molecule has 1 atom stereocenters. The minimum Gasteiger partial charge on any atom is -0.485 e. The molecule has 0 spiro atoms. The van der Waals surface area contributed by atoms with Gasteiger partial charge in [0.1, 0.15) is 17.2 Å². The number of hydrogen-bond acceptors (Lipinski definition) is 5. The fourth-order valence-electron chi connectivity index (χ4n) is 3.05. The molecule has 3 N–H and O–H groups in total. The molecule has 0 saturated carbocycles. The summed E-state index contributed by atoms with van der Waals surface area (Å²) in [4.78, 5) is 12.2. The molecule has 2 aromatic rings. The molecule has 1 aromatic heterocycles. The maximum absolute atomic E-state index is 12.2. The van der Waals surface area contributed by atoms with E-state index in [0.29, 0.717) is 23.7 Å². The van der Waals surface area contributed by atoms with Gasteiger partial charge in [0.25, 0.3) is 0 Å². The van der Waals surface area contributed by atoms with E-state index in [0.717, 1.165) is 11.3 Å². The Hall–Kier alpha value is -2.54. The number of anilines is 2. The summed E-state index contributed by atoms with van der Waals surface area (Å²) in [5, 5.41) is 20.4. The monoisotopic (exact) mass is 344 g/mol. The molecule has 0 bridgehead atoms. The summed E-state index contributed by atoms with van der Waals surface area (Å²) in [5.41, 5.74) is 1.82. The lowest BCUT2D eigenvalue weighted by Crippen LogP contribution is -2.35. The Morgan fingerprint density at radius 1 is 1.48 bits per heavy atom. The lowest BCUT2D eigenvalue weighted by Gasteiger charge is -2.36. The summed E-state index contributed by atoms with van der Waals surface area (Å²) in [6.07, 6.45) is -0.0456. The van der Waals surface area contributed by atoms with Crippen molar-refractivity contribution >= 4 is 17.4 Å². The SMILES string of the molecule is Cc1cc(NC(=O)CNc2cccc3c2OC(C)(C)C[C@@H]3O)n(C)n1. The molecule has 0 fully saturated rings. The molecule has 1 aromatic carbocycles. The maximum Gasteiger partial charge on any atom is 0.244 e. The van der Waals surface area contributed by atoms with Crippen molar-refractivity contribution in [1.29, 1.82) is 0 Å². The number of hydrogen-bond donors (Lipinski definition) is 3. The van der Waals surface area contributed by atoms with Gasteiger partial charge in [0, 0.05) is 25.1 Å². The second-order valence-corrected chi connectivity index (χ2v) is 7.00. The fraction of sp³-hybridized carbons (Fsp3) is 0.444. The van der Waals surface area contributed by atoms with Crippen molar-refractivity contribution in [2.75, 3.05) is 17.2 Å². The van der Waals surface area contributed by atoms with Crippen LogP contribution in [0.4, 0.5) is 11.5 Å². The van der Waals surface area contributed by atoms with Crippen molar-refractivity contribution in [3.63, 3.8) is 0 Å². The van der Waals surface area contributed by atoms with E-state index < -0.39 is 11.7 Å². The number of aryl methyl sites for hydroxylation is 2. The van der Waals surface area contributed by atoms with Crippen molar-refractivity contribution in [2.45, 2.75) is 38.9 Å². The van der Waals surface area contributed by atoms with Crippen LogP contribution in [0.1, 0.15) is 37.6 Å². The average molecular weight is 344 g/mol. The number of carbonyl (C=O) groups is 1. The van der Waals surface area contributed by atoms with Gasteiger partial charge >= 0.3 is 0 Å². The molecule has 0 saturated heterocycles. The van der Waals surface area contributed by atoms with E-state index in [-0.39, 0.29) is 12.5 Å². The minimum absolute atomic E-state index is 0.0839. The molecule has 0 radical (unpaired) electrons. The van der Waals surface area contributed by atoms with E-state index >= 15 is 0 Å². The third-order valence-electron chi connectivity index (χ3n) is 4.18. The Kier molecular flexibility index (Phi) is 4.43. The molecule has 1 aliphatic rings. The van der Waals surface area contributed by atoms with Crippen LogP contribution in [0, 0.1) is 6.92 Å². The van der Waals surface area contributed by atoms with Crippen LogP contribution in [0.5, 0.6) is 5.75 Å². The molecule has 0 aliphatic carbocycles. The summed E-state index contributed by atoms with van der Waals surface area (Å²) in [5.74, 6) is 1.07. The van der Waals surface area contributed by atoms with Crippen molar-refractivity contribution in [3.8, 4) is 5.75 Å². The Morgan fingerprint density at radius 2 is 2.24 bits per heavy atom. The number of rotatable bonds is 4. The summed E-state index contributed by atoms with van der Waals surface area (Å²) < 4.78 is 7.65. The van der Waals surface area contributed by atoms with Crippen molar-refractivity contribution in [2.24, 2.45) is 7.05 Å². The minimum atomic E-state index is -0.577. The zero-order chi connectivity index (χ0) is 18.2. The van der Waals surface area contributed by atoms with E-state index in [2.05, 4.69) is 15.7 Å². The first kappa shape index (κ1) is 17.3. The first-order valence-corrected chi connectivity index (χ1v) is 8.29. The number of aromatic nitrogens is 2. The van der Waals surface area contributed by atoms with Gasteiger partial charge in [0.2, 0.25) is 5.91 Å². The second kappa shape index (κ2) is 6.40. The predicted octanol–water partition coefficient (Wildman–Crippen LogP) is 2.37. The van der Waals surface area contributed by atoms with Crippen LogP contribution in [-0.2, 0) is 11.8 Å². The Bertz CT molecular complexity index is 798. The molecule has 2 heterocycles. The van der Waals surface area contributed by atoms with E-state index in [9.17, 15) is 9.90 Å². The molecular weight excluding hydrogens is 320 g/mol. The quantitative estimate of drug-likeness (QED) is 0.792. The van der Waals surface area contributed by atoms with E-state index in [1.165, 1.54) is 0 Å². The molecule has 0 unspecified atom stereocenters. The number of aliphatic hydroxyl groups is 1. The lowest BCUT2D eigenvalue weighted by molar-refractivity contribution is -0.114. The standard InChI is InChI=1S/C18H24N4O3/c1-11-8-15(22(4)21-11)20-16(24)10-19-13-7-5-6-12-14(23)9-18(2,3)25-17(12)13/h5-8,14,19,23H,9-10H2,1-4H3,(H,20,24)/t14-/m0/s1. The van der Waals surface area contributed by atoms with Crippen molar-refractivity contribution in [1.82, 2.24) is 9.78 Å². The Labute approximate surface area is 147 Å². The van der Waals surface area contributed by atoms with Gasteiger partial charge in [-0.25, -0.2) is 0 Å². The van der Waals surface area contributed by atoms with Gasteiger partial charge in [0.05, 0.1) is 24.0 Å². The fourth-order valence-corrected chi connectivity index (χ4v) is 3.05. The number of nitrogens with one attached hydrogen (secondary N) is 2. The highest BCUT2D eigenvalue weighted by atomic mass is 16.5. The summed E-state index contributed by atoms with van der Waals surface area (Å²) in [6.45, 7) is 5.83. The zero-order valence-electron chi connectivity index (χ0n) is 15.0. The summed E-state index contributed by atoms with van der Waals surface area (Å²) >= 11 is 0. The molecule has 1 aliphatic heterocycles. The smallest absolute Gasteiger partial charge is 0.244 e. The van der Waals surface area contributed by atoms with Crippen LogP contribution >= 0.6 is 0 Å². The number of nitrogens with zero attached hydrogens (tertiary/aromatic N) is 2. The van der Waals surface area contributed by atoms with Crippen LogP contribution in [0.25, 0.3) is 0 Å². The number of benzene rings is 1. The van der Waals surface area contributed by atoms with E-state index in [1.54, 1.807) is 11.7 Å². The largest absolute Gasteiger partial charge is 0.485 e. The third-order valence-corrected chi connectivity index (χ3v) is 4.18. The molecule has 7 nitrogen and oxygen atoms in total. The maximum atomic E-state index is 12.2. The van der Waals surface area contributed by atoms with E-state index in [1.807, 2.05) is 45.0 Å². The highest BCUT2D eigenvalue weighted by Gasteiger charge is 2.34. The normalized spacial score (nSPS) is 18.2. The third kappa shape index (κ3) is 3.76.